The first-order chi connectivity index (χ1) is 15.0. The molecule has 1 aromatic heterocycles. The van der Waals surface area contributed by atoms with Gasteiger partial charge in [0.2, 0.25) is 0 Å². The Balaban J connectivity index is 2.14. The summed E-state index contributed by atoms with van der Waals surface area (Å²) in [5.41, 5.74) is 2.37. The Morgan fingerprint density at radius 1 is 0.903 bits per heavy atom. The van der Waals surface area contributed by atoms with Gasteiger partial charge in [0.05, 0.1) is 42.7 Å². The number of rotatable bonds is 7. The molecule has 0 atom stereocenters. The monoisotopic (exact) mass is 422 g/mol. The van der Waals surface area contributed by atoms with Gasteiger partial charge in [-0.1, -0.05) is 6.07 Å². The SMILES string of the molecule is CCOC(=O)c1cccc(Nc2c(C(=O)OCC)cnc3ccc(C(=O)OC)cc23)c1. The Kier molecular flexibility index (Phi) is 6.81. The molecule has 0 bridgehead atoms. The molecule has 0 aliphatic heterocycles. The van der Waals surface area contributed by atoms with Crippen molar-refractivity contribution in [3.63, 3.8) is 0 Å². The van der Waals surface area contributed by atoms with E-state index in [1.165, 1.54) is 13.3 Å². The molecule has 8 nitrogen and oxygen atoms in total. The minimum absolute atomic E-state index is 0.191. The molecule has 0 aliphatic rings. The van der Waals surface area contributed by atoms with Crippen molar-refractivity contribution in [3.8, 4) is 0 Å². The second-order valence-corrected chi connectivity index (χ2v) is 6.42. The predicted octanol–water partition coefficient (Wildman–Crippen LogP) is 4.12. The van der Waals surface area contributed by atoms with Gasteiger partial charge in [-0.15, -0.1) is 0 Å². The van der Waals surface area contributed by atoms with Crippen molar-refractivity contribution in [2.24, 2.45) is 0 Å². The molecule has 0 spiro atoms. The zero-order valence-electron chi connectivity index (χ0n) is 17.4. The number of esters is 3. The van der Waals surface area contributed by atoms with Crippen LogP contribution in [0.3, 0.4) is 0 Å². The van der Waals surface area contributed by atoms with Gasteiger partial charge in [0.25, 0.3) is 0 Å². The first kappa shape index (κ1) is 21.8. The van der Waals surface area contributed by atoms with E-state index in [1.54, 1.807) is 56.3 Å². The summed E-state index contributed by atoms with van der Waals surface area (Å²) in [4.78, 5) is 41.0. The lowest BCUT2D eigenvalue weighted by atomic mass is 10.1. The quantitative estimate of drug-likeness (QED) is 0.448. The maximum atomic E-state index is 12.6. The van der Waals surface area contributed by atoms with E-state index in [0.717, 1.165) is 0 Å². The number of carbonyl (C=O) groups is 3. The van der Waals surface area contributed by atoms with Crippen molar-refractivity contribution >= 4 is 40.2 Å². The number of carbonyl (C=O) groups excluding carboxylic acids is 3. The lowest BCUT2D eigenvalue weighted by molar-refractivity contribution is 0.0517. The van der Waals surface area contributed by atoms with E-state index in [0.29, 0.717) is 33.4 Å². The molecular weight excluding hydrogens is 400 g/mol. The molecule has 8 heteroatoms. The molecule has 2 aromatic carbocycles. The first-order valence-electron chi connectivity index (χ1n) is 9.70. The van der Waals surface area contributed by atoms with Crippen LogP contribution in [0.25, 0.3) is 10.9 Å². The minimum atomic E-state index is -0.565. The van der Waals surface area contributed by atoms with Crippen molar-refractivity contribution in [2.45, 2.75) is 13.8 Å². The molecular formula is C23H22N2O6. The van der Waals surface area contributed by atoms with Crippen LogP contribution in [0, 0.1) is 0 Å². The van der Waals surface area contributed by atoms with E-state index in [1.807, 2.05) is 0 Å². The van der Waals surface area contributed by atoms with E-state index in [4.69, 9.17) is 14.2 Å². The fourth-order valence-corrected chi connectivity index (χ4v) is 3.02. The minimum Gasteiger partial charge on any atom is -0.465 e. The largest absolute Gasteiger partial charge is 0.465 e. The summed E-state index contributed by atoms with van der Waals surface area (Å²) in [5.74, 6) is -1.53. The maximum absolute atomic E-state index is 12.6. The number of hydrogen-bond acceptors (Lipinski definition) is 8. The van der Waals surface area contributed by atoms with Crippen molar-refractivity contribution in [1.29, 1.82) is 0 Å². The summed E-state index contributed by atoms with van der Waals surface area (Å²) in [6.45, 7) is 3.89. The third-order valence-corrected chi connectivity index (χ3v) is 4.43. The molecule has 0 unspecified atom stereocenters. The van der Waals surface area contributed by atoms with Crippen LogP contribution in [0.4, 0.5) is 11.4 Å². The number of methoxy groups -OCH3 is 1. The summed E-state index contributed by atoms with van der Waals surface area (Å²) in [7, 11) is 1.29. The molecule has 160 valence electrons. The van der Waals surface area contributed by atoms with E-state index >= 15 is 0 Å². The first-order valence-corrected chi connectivity index (χ1v) is 9.70. The molecule has 3 rings (SSSR count). The van der Waals surface area contributed by atoms with Crippen molar-refractivity contribution in [2.75, 3.05) is 25.6 Å². The highest BCUT2D eigenvalue weighted by Gasteiger charge is 2.19. The Labute approximate surface area is 179 Å². The molecule has 3 aromatic rings. The molecule has 1 N–H and O–H groups in total. The van der Waals surface area contributed by atoms with Crippen LogP contribution in [0.1, 0.15) is 44.9 Å². The lowest BCUT2D eigenvalue weighted by Crippen LogP contribution is -2.10. The second kappa shape index (κ2) is 9.71. The zero-order chi connectivity index (χ0) is 22.4. The molecule has 0 saturated heterocycles. The fraction of sp³-hybridized carbons (Fsp3) is 0.217. The van der Waals surface area contributed by atoms with E-state index in [9.17, 15) is 14.4 Å². The van der Waals surface area contributed by atoms with Crippen LogP contribution in [0.5, 0.6) is 0 Å². The Hall–Kier alpha value is -3.94. The van der Waals surface area contributed by atoms with Gasteiger partial charge in [-0.3, -0.25) is 4.98 Å². The normalized spacial score (nSPS) is 10.4. The third-order valence-electron chi connectivity index (χ3n) is 4.43. The lowest BCUT2D eigenvalue weighted by Gasteiger charge is -2.15. The van der Waals surface area contributed by atoms with Crippen LogP contribution in [-0.2, 0) is 14.2 Å². The van der Waals surface area contributed by atoms with Crippen LogP contribution < -0.4 is 5.32 Å². The predicted molar refractivity (Wildman–Crippen MR) is 115 cm³/mol. The van der Waals surface area contributed by atoms with Crippen LogP contribution in [0.15, 0.2) is 48.7 Å². The van der Waals surface area contributed by atoms with E-state index in [2.05, 4.69) is 10.3 Å². The number of fused-ring (bicyclic) bond motifs is 1. The number of benzene rings is 2. The topological polar surface area (TPSA) is 104 Å². The number of pyridine rings is 1. The number of aromatic nitrogens is 1. The number of ether oxygens (including phenoxy) is 3. The molecule has 31 heavy (non-hydrogen) atoms. The molecule has 0 saturated carbocycles. The molecule has 0 aliphatic carbocycles. The fourth-order valence-electron chi connectivity index (χ4n) is 3.02. The number of nitrogens with zero attached hydrogens (tertiary/aromatic N) is 1. The zero-order valence-corrected chi connectivity index (χ0v) is 17.4. The number of hydrogen-bond donors (Lipinski definition) is 1. The second-order valence-electron chi connectivity index (χ2n) is 6.42. The van der Waals surface area contributed by atoms with Gasteiger partial charge in [-0.2, -0.15) is 0 Å². The van der Waals surface area contributed by atoms with E-state index in [-0.39, 0.29) is 18.8 Å². The van der Waals surface area contributed by atoms with Gasteiger partial charge in [0, 0.05) is 17.3 Å². The molecule has 0 amide bonds. The highest BCUT2D eigenvalue weighted by molar-refractivity contribution is 6.08. The Morgan fingerprint density at radius 2 is 1.61 bits per heavy atom. The highest BCUT2D eigenvalue weighted by atomic mass is 16.5. The smallest absolute Gasteiger partial charge is 0.341 e. The van der Waals surface area contributed by atoms with Crippen LogP contribution in [0.2, 0.25) is 0 Å². The van der Waals surface area contributed by atoms with Gasteiger partial charge in [-0.05, 0) is 50.2 Å². The summed E-state index contributed by atoms with van der Waals surface area (Å²) in [6.07, 6.45) is 1.41. The van der Waals surface area contributed by atoms with Gasteiger partial charge >= 0.3 is 17.9 Å². The molecule has 0 fully saturated rings. The van der Waals surface area contributed by atoms with Crippen molar-refractivity contribution < 1.29 is 28.6 Å². The Morgan fingerprint density at radius 3 is 2.32 bits per heavy atom. The van der Waals surface area contributed by atoms with Gasteiger partial charge in [0.15, 0.2) is 0 Å². The van der Waals surface area contributed by atoms with Crippen LogP contribution >= 0.6 is 0 Å². The number of anilines is 2. The van der Waals surface area contributed by atoms with Crippen molar-refractivity contribution in [3.05, 3.63) is 65.4 Å². The van der Waals surface area contributed by atoms with Crippen molar-refractivity contribution in [1.82, 2.24) is 4.98 Å². The highest BCUT2D eigenvalue weighted by Crippen LogP contribution is 2.31. The molecule has 1 heterocycles. The Bertz CT molecular complexity index is 1140. The average molecular weight is 422 g/mol. The van der Waals surface area contributed by atoms with Crippen LogP contribution in [-0.4, -0.2) is 43.2 Å². The summed E-state index contributed by atoms with van der Waals surface area (Å²) < 4.78 is 15.0. The van der Waals surface area contributed by atoms with E-state index < -0.39 is 17.9 Å². The summed E-state index contributed by atoms with van der Waals surface area (Å²) in [5, 5.41) is 3.70. The molecule has 0 radical (unpaired) electrons. The average Bonchev–Trinajstić information content (AvgIpc) is 2.79. The third kappa shape index (κ3) is 4.80. The number of nitrogens with one attached hydrogen (secondary N) is 1. The summed E-state index contributed by atoms with van der Waals surface area (Å²) >= 11 is 0. The van der Waals surface area contributed by atoms with Gasteiger partial charge in [0.1, 0.15) is 5.56 Å². The van der Waals surface area contributed by atoms with Gasteiger partial charge in [-0.25, -0.2) is 14.4 Å². The standard InChI is InChI=1S/C23H22N2O6/c1-4-30-22(27)14-7-6-8-16(11-14)25-20-17-12-15(21(26)29-3)9-10-19(17)24-13-18(20)23(28)31-5-2/h6-13H,4-5H2,1-3H3,(H,24,25). The summed E-state index contributed by atoms with van der Waals surface area (Å²) in [6, 6.07) is 11.5. The van der Waals surface area contributed by atoms with Gasteiger partial charge < -0.3 is 19.5 Å². The maximum Gasteiger partial charge on any atom is 0.341 e.